The SMILES string of the molecule is CCSc1nnc(NC(=O)C2CN(c3ncnc4c3nnn4C)C2)s1. The average Bonchev–Trinajstić information content (AvgIpc) is 3.14. The highest BCUT2D eigenvalue weighted by molar-refractivity contribution is 8.01. The summed E-state index contributed by atoms with van der Waals surface area (Å²) in [6.07, 6.45) is 1.49. The van der Waals surface area contributed by atoms with Gasteiger partial charge in [-0.1, -0.05) is 35.2 Å². The Bertz CT molecular complexity index is 917. The molecule has 3 aromatic rings. The van der Waals surface area contributed by atoms with Crippen molar-refractivity contribution in [1.29, 1.82) is 0 Å². The number of amides is 1. The van der Waals surface area contributed by atoms with Gasteiger partial charge in [-0.25, -0.2) is 14.6 Å². The van der Waals surface area contributed by atoms with E-state index in [2.05, 4.69) is 42.7 Å². The maximum absolute atomic E-state index is 12.3. The molecule has 3 aromatic heterocycles. The zero-order valence-corrected chi connectivity index (χ0v) is 15.2. The molecule has 1 saturated heterocycles. The Hall–Kier alpha value is -2.34. The van der Waals surface area contributed by atoms with Gasteiger partial charge in [0.15, 0.2) is 21.3 Å². The van der Waals surface area contributed by atoms with E-state index in [1.54, 1.807) is 23.5 Å². The summed E-state index contributed by atoms with van der Waals surface area (Å²) >= 11 is 3.00. The van der Waals surface area contributed by atoms with E-state index in [9.17, 15) is 4.79 Å². The predicted molar refractivity (Wildman–Crippen MR) is 94.7 cm³/mol. The van der Waals surface area contributed by atoms with Gasteiger partial charge in [-0.15, -0.1) is 15.3 Å². The summed E-state index contributed by atoms with van der Waals surface area (Å²) < 4.78 is 2.46. The highest BCUT2D eigenvalue weighted by Crippen LogP contribution is 2.29. The first-order valence-corrected chi connectivity index (χ1v) is 9.48. The Kier molecular flexibility index (Phi) is 4.21. The van der Waals surface area contributed by atoms with E-state index < -0.39 is 0 Å². The zero-order chi connectivity index (χ0) is 17.4. The summed E-state index contributed by atoms with van der Waals surface area (Å²) in [5, 5.41) is 19.5. The molecular weight excluding hydrogens is 362 g/mol. The number of nitrogens with zero attached hydrogens (tertiary/aromatic N) is 8. The number of thioether (sulfide) groups is 1. The van der Waals surface area contributed by atoms with Crippen LogP contribution in [-0.4, -0.2) is 59.9 Å². The molecule has 130 valence electrons. The van der Waals surface area contributed by atoms with Crippen LogP contribution in [0.4, 0.5) is 10.9 Å². The van der Waals surface area contributed by atoms with Crippen LogP contribution < -0.4 is 10.2 Å². The summed E-state index contributed by atoms with van der Waals surface area (Å²) in [7, 11) is 1.78. The van der Waals surface area contributed by atoms with Gasteiger partial charge in [-0.05, 0) is 5.75 Å². The summed E-state index contributed by atoms with van der Waals surface area (Å²) in [5.74, 6) is 1.47. The van der Waals surface area contributed by atoms with Crippen molar-refractivity contribution < 1.29 is 4.79 Å². The standard InChI is InChI=1S/C13H15N9OS2/c1-3-24-13-19-18-12(25-13)16-11(23)7-4-22(5-7)10-8-9(14-6-15-10)21(2)20-17-8/h6-7H,3-5H2,1-2H3,(H,16,18,23). The number of anilines is 2. The molecule has 25 heavy (non-hydrogen) atoms. The molecule has 1 N–H and O–H groups in total. The van der Waals surface area contributed by atoms with Crippen molar-refractivity contribution in [3.63, 3.8) is 0 Å². The molecule has 0 atom stereocenters. The molecule has 12 heteroatoms. The normalized spacial score (nSPS) is 14.7. The fourth-order valence-corrected chi connectivity index (χ4v) is 4.19. The smallest absolute Gasteiger partial charge is 0.232 e. The summed E-state index contributed by atoms with van der Waals surface area (Å²) in [5.41, 5.74) is 1.32. The topological polar surface area (TPSA) is 115 Å². The third kappa shape index (κ3) is 3.02. The predicted octanol–water partition coefficient (Wildman–Crippen LogP) is 0.797. The van der Waals surface area contributed by atoms with E-state index in [1.807, 2.05) is 4.90 Å². The minimum atomic E-state index is -0.118. The van der Waals surface area contributed by atoms with Crippen molar-refractivity contribution in [1.82, 2.24) is 35.2 Å². The summed E-state index contributed by atoms with van der Waals surface area (Å²) in [6, 6.07) is 0. The number of fused-ring (bicyclic) bond motifs is 1. The fraction of sp³-hybridized carbons (Fsp3) is 0.462. The first-order chi connectivity index (χ1) is 12.2. The van der Waals surface area contributed by atoms with E-state index in [0.717, 1.165) is 10.1 Å². The molecule has 0 unspecified atom stereocenters. The van der Waals surface area contributed by atoms with Gasteiger partial charge in [0.25, 0.3) is 0 Å². The maximum Gasteiger partial charge on any atom is 0.232 e. The van der Waals surface area contributed by atoms with Gasteiger partial charge in [-0.2, -0.15) is 0 Å². The highest BCUT2D eigenvalue weighted by Gasteiger charge is 2.35. The van der Waals surface area contributed by atoms with Crippen molar-refractivity contribution in [2.24, 2.45) is 13.0 Å². The molecule has 1 fully saturated rings. The van der Waals surface area contributed by atoms with Crippen LogP contribution in [0.2, 0.25) is 0 Å². The largest absolute Gasteiger partial charge is 0.353 e. The van der Waals surface area contributed by atoms with Gasteiger partial charge in [0.05, 0.1) is 5.92 Å². The van der Waals surface area contributed by atoms with Crippen LogP contribution in [0.1, 0.15) is 6.92 Å². The second-order valence-electron chi connectivity index (χ2n) is 5.48. The van der Waals surface area contributed by atoms with Gasteiger partial charge < -0.3 is 10.2 Å². The van der Waals surface area contributed by atoms with Crippen LogP contribution >= 0.6 is 23.1 Å². The number of aromatic nitrogens is 7. The zero-order valence-electron chi connectivity index (χ0n) is 13.6. The fourth-order valence-electron chi connectivity index (χ4n) is 2.54. The van der Waals surface area contributed by atoms with Crippen molar-refractivity contribution in [2.45, 2.75) is 11.3 Å². The van der Waals surface area contributed by atoms with Crippen LogP contribution in [0.3, 0.4) is 0 Å². The average molecular weight is 377 g/mol. The Morgan fingerprint density at radius 2 is 2.20 bits per heavy atom. The van der Waals surface area contributed by atoms with E-state index in [0.29, 0.717) is 35.2 Å². The number of carbonyl (C=O) groups is 1. The van der Waals surface area contributed by atoms with E-state index in [-0.39, 0.29) is 11.8 Å². The minimum Gasteiger partial charge on any atom is -0.353 e. The van der Waals surface area contributed by atoms with Gasteiger partial charge in [-0.3, -0.25) is 4.79 Å². The number of carbonyl (C=O) groups excluding carboxylic acids is 1. The Labute approximate surface area is 151 Å². The third-order valence-corrected chi connectivity index (χ3v) is 5.68. The van der Waals surface area contributed by atoms with Crippen LogP contribution in [-0.2, 0) is 11.8 Å². The Morgan fingerprint density at radius 1 is 1.36 bits per heavy atom. The second kappa shape index (κ2) is 6.52. The van der Waals surface area contributed by atoms with Crippen LogP contribution in [0.5, 0.6) is 0 Å². The Morgan fingerprint density at radius 3 is 3.00 bits per heavy atom. The van der Waals surface area contributed by atoms with Crippen molar-refractivity contribution in [3.8, 4) is 0 Å². The number of hydrogen-bond acceptors (Lipinski definition) is 10. The van der Waals surface area contributed by atoms with Crippen LogP contribution in [0.25, 0.3) is 11.2 Å². The van der Waals surface area contributed by atoms with E-state index >= 15 is 0 Å². The molecule has 0 aromatic carbocycles. The number of rotatable bonds is 5. The molecule has 0 aliphatic carbocycles. The first-order valence-electron chi connectivity index (χ1n) is 7.68. The molecular formula is C13H15N9OS2. The monoisotopic (exact) mass is 377 g/mol. The van der Waals surface area contributed by atoms with Crippen LogP contribution in [0.15, 0.2) is 10.7 Å². The van der Waals surface area contributed by atoms with Gasteiger partial charge in [0.2, 0.25) is 11.0 Å². The lowest BCUT2D eigenvalue weighted by Gasteiger charge is -2.38. The summed E-state index contributed by atoms with van der Waals surface area (Å²) in [6.45, 7) is 3.20. The lowest BCUT2D eigenvalue weighted by molar-refractivity contribution is -0.120. The molecule has 4 rings (SSSR count). The van der Waals surface area contributed by atoms with Crippen LogP contribution in [0, 0.1) is 5.92 Å². The maximum atomic E-state index is 12.3. The number of aryl methyl sites for hydroxylation is 1. The quantitative estimate of drug-likeness (QED) is 0.509. The molecule has 1 aliphatic heterocycles. The Balaban J connectivity index is 1.40. The van der Waals surface area contributed by atoms with E-state index in [4.69, 9.17) is 0 Å². The molecule has 0 radical (unpaired) electrons. The first kappa shape index (κ1) is 16.1. The van der Waals surface area contributed by atoms with Gasteiger partial charge in [0, 0.05) is 20.1 Å². The molecule has 1 aliphatic rings. The lowest BCUT2D eigenvalue weighted by Crippen LogP contribution is -2.52. The van der Waals surface area contributed by atoms with Gasteiger partial charge in [0.1, 0.15) is 6.33 Å². The minimum absolute atomic E-state index is 0.0510. The molecule has 0 saturated carbocycles. The van der Waals surface area contributed by atoms with Crippen molar-refractivity contribution in [3.05, 3.63) is 6.33 Å². The van der Waals surface area contributed by atoms with E-state index in [1.165, 1.54) is 17.7 Å². The lowest BCUT2D eigenvalue weighted by atomic mass is 9.99. The molecule has 0 bridgehead atoms. The number of nitrogens with one attached hydrogen (secondary N) is 1. The molecule has 4 heterocycles. The van der Waals surface area contributed by atoms with Gasteiger partial charge >= 0.3 is 0 Å². The second-order valence-corrected chi connectivity index (χ2v) is 7.97. The number of hydrogen-bond donors (Lipinski definition) is 1. The highest BCUT2D eigenvalue weighted by atomic mass is 32.2. The summed E-state index contributed by atoms with van der Waals surface area (Å²) in [4.78, 5) is 22.8. The third-order valence-electron chi connectivity index (χ3n) is 3.83. The molecule has 1 amide bonds. The molecule has 10 nitrogen and oxygen atoms in total. The molecule has 0 spiro atoms. The van der Waals surface area contributed by atoms with Crippen molar-refractivity contribution in [2.75, 3.05) is 29.1 Å². The van der Waals surface area contributed by atoms with Crippen molar-refractivity contribution >= 4 is 51.1 Å².